The van der Waals surface area contributed by atoms with E-state index in [1.807, 2.05) is 35.0 Å². The van der Waals surface area contributed by atoms with Crippen molar-refractivity contribution in [1.82, 2.24) is 20.2 Å². The van der Waals surface area contributed by atoms with E-state index in [-0.39, 0.29) is 12.6 Å². The molecule has 2 amide bonds. The molecule has 3 rings (SSSR count). The Bertz CT molecular complexity index is 769. The van der Waals surface area contributed by atoms with Crippen LogP contribution in [-0.2, 0) is 6.54 Å². The highest BCUT2D eigenvalue weighted by molar-refractivity contribution is 5.74. The van der Waals surface area contributed by atoms with E-state index in [0.717, 1.165) is 11.3 Å². The minimum atomic E-state index is -0.871. The molecule has 0 aliphatic carbocycles. The summed E-state index contributed by atoms with van der Waals surface area (Å²) in [6, 6.07) is 10.7. The molecule has 0 saturated heterocycles. The summed E-state index contributed by atoms with van der Waals surface area (Å²) in [6.45, 7) is 0.430. The van der Waals surface area contributed by atoms with E-state index in [4.69, 9.17) is 4.42 Å². The van der Waals surface area contributed by atoms with Crippen molar-refractivity contribution in [1.29, 1.82) is 0 Å². The molecule has 7 heteroatoms. The van der Waals surface area contributed by atoms with Crippen LogP contribution in [0.3, 0.4) is 0 Å². The average molecular weight is 326 g/mol. The largest absolute Gasteiger partial charge is 0.467 e. The third-order valence-electron chi connectivity index (χ3n) is 3.54. The van der Waals surface area contributed by atoms with Crippen molar-refractivity contribution in [3.05, 3.63) is 72.7 Å². The first-order valence-corrected chi connectivity index (χ1v) is 7.53. The molecule has 0 aliphatic rings. The number of nitrogens with zero attached hydrogens (tertiary/aromatic N) is 2. The van der Waals surface area contributed by atoms with E-state index in [0.29, 0.717) is 12.3 Å². The van der Waals surface area contributed by atoms with Crippen molar-refractivity contribution in [2.45, 2.75) is 12.6 Å². The standard InChI is InChI=1S/C17H18N4O3/c22-15(16-6-3-9-24-16)11-20-17(23)19-10-13-4-1-2-5-14(13)21-8-7-18-12-21/h1-9,12,15,22H,10-11H2,(H2,19,20,23). The van der Waals surface area contributed by atoms with E-state index in [2.05, 4.69) is 15.6 Å². The van der Waals surface area contributed by atoms with Gasteiger partial charge in [-0.25, -0.2) is 9.78 Å². The zero-order valence-electron chi connectivity index (χ0n) is 12.9. The fourth-order valence-corrected chi connectivity index (χ4v) is 2.32. The molecule has 0 bridgehead atoms. The average Bonchev–Trinajstić information content (AvgIpc) is 3.31. The summed E-state index contributed by atoms with van der Waals surface area (Å²) in [5.41, 5.74) is 1.91. The summed E-state index contributed by atoms with van der Waals surface area (Å²) >= 11 is 0. The number of para-hydroxylation sites is 1. The first-order chi connectivity index (χ1) is 11.7. The molecule has 24 heavy (non-hydrogen) atoms. The third-order valence-corrected chi connectivity index (χ3v) is 3.54. The van der Waals surface area contributed by atoms with E-state index in [1.54, 1.807) is 24.7 Å². The van der Waals surface area contributed by atoms with Gasteiger partial charge in [-0.3, -0.25) is 0 Å². The van der Waals surface area contributed by atoms with Gasteiger partial charge in [0, 0.05) is 18.9 Å². The number of benzene rings is 1. The molecule has 124 valence electrons. The van der Waals surface area contributed by atoms with Crippen LogP contribution in [0.15, 0.2) is 65.8 Å². The first-order valence-electron chi connectivity index (χ1n) is 7.53. The predicted octanol–water partition coefficient (Wildman–Crippen LogP) is 2.00. The Morgan fingerprint density at radius 2 is 2.12 bits per heavy atom. The summed E-state index contributed by atoms with van der Waals surface area (Å²) in [4.78, 5) is 15.9. The fourth-order valence-electron chi connectivity index (χ4n) is 2.32. The molecule has 1 unspecified atom stereocenters. The van der Waals surface area contributed by atoms with Gasteiger partial charge in [-0.2, -0.15) is 0 Å². The maximum atomic E-state index is 11.9. The Kier molecular flexibility index (Phi) is 4.93. The van der Waals surface area contributed by atoms with Gasteiger partial charge < -0.3 is 24.7 Å². The minimum absolute atomic E-state index is 0.0719. The van der Waals surface area contributed by atoms with Gasteiger partial charge in [-0.1, -0.05) is 18.2 Å². The third kappa shape index (κ3) is 3.82. The SMILES string of the molecule is O=C(NCc1ccccc1-n1ccnc1)NCC(O)c1ccco1. The van der Waals surface area contributed by atoms with Crippen molar-refractivity contribution >= 4 is 6.03 Å². The normalized spacial score (nSPS) is 11.9. The zero-order chi connectivity index (χ0) is 16.8. The van der Waals surface area contributed by atoms with Gasteiger partial charge in [-0.05, 0) is 23.8 Å². The summed E-state index contributed by atoms with van der Waals surface area (Å²) in [5.74, 6) is 0.417. The maximum Gasteiger partial charge on any atom is 0.315 e. The van der Waals surface area contributed by atoms with Gasteiger partial charge in [0.2, 0.25) is 0 Å². The molecule has 1 atom stereocenters. The van der Waals surface area contributed by atoms with Gasteiger partial charge >= 0.3 is 6.03 Å². The molecule has 3 N–H and O–H groups in total. The van der Waals surface area contributed by atoms with Gasteiger partial charge in [-0.15, -0.1) is 0 Å². The Hall–Kier alpha value is -3.06. The molecule has 0 saturated carbocycles. The smallest absolute Gasteiger partial charge is 0.315 e. The van der Waals surface area contributed by atoms with Crippen LogP contribution in [0.4, 0.5) is 4.79 Å². The van der Waals surface area contributed by atoms with Crippen molar-refractivity contribution in [3.8, 4) is 5.69 Å². The summed E-state index contributed by atoms with van der Waals surface area (Å²) < 4.78 is 6.97. The molecule has 2 aromatic heterocycles. The number of carbonyl (C=O) groups is 1. The highest BCUT2D eigenvalue weighted by Gasteiger charge is 2.12. The van der Waals surface area contributed by atoms with Crippen molar-refractivity contribution in [2.75, 3.05) is 6.54 Å². The lowest BCUT2D eigenvalue weighted by molar-refractivity contribution is 0.148. The Balaban J connectivity index is 1.53. The quantitative estimate of drug-likeness (QED) is 0.646. The molecule has 7 nitrogen and oxygen atoms in total. The number of aliphatic hydroxyl groups excluding tert-OH is 1. The number of imidazole rings is 1. The van der Waals surface area contributed by atoms with Crippen LogP contribution in [0.25, 0.3) is 5.69 Å². The monoisotopic (exact) mass is 326 g/mol. The molecular weight excluding hydrogens is 308 g/mol. The van der Waals surface area contributed by atoms with Crippen LogP contribution in [0.5, 0.6) is 0 Å². The van der Waals surface area contributed by atoms with Crippen LogP contribution < -0.4 is 10.6 Å². The lowest BCUT2D eigenvalue weighted by atomic mass is 10.1. The van der Waals surface area contributed by atoms with Gasteiger partial charge in [0.05, 0.1) is 24.8 Å². The Morgan fingerprint density at radius 1 is 1.25 bits per heavy atom. The summed E-state index contributed by atoms with van der Waals surface area (Å²) in [5, 5.41) is 15.3. The number of hydrogen-bond donors (Lipinski definition) is 3. The van der Waals surface area contributed by atoms with Crippen LogP contribution in [0, 0.1) is 0 Å². The minimum Gasteiger partial charge on any atom is -0.467 e. The zero-order valence-corrected chi connectivity index (χ0v) is 12.9. The van der Waals surface area contributed by atoms with E-state index in [1.165, 1.54) is 6.26 Å². The molecule has 2 heterocycles. The number of hydrogen-bond acceptors (Lipinski definition) is 4. The maximum absolute atomic E-state index is 11.9. The molecule has 0 fully saturated rings. The molecule has 0 aliphatic heterocycles. The number of aliphatic hydroxyl groups is 1. The summed E-state index contributed by atoms with van der Waals surface area (Å²) in [6.07, 6.45) is 5.86. The topological polar surface area (TPSA) is 92.3 Å². The second-order valence-corrected chi connectivity index (χ2v) is 5.19. The molecule has 3 aromatic rings. The number of aromatic nitrogens is 2. The van der Waals surface area contributed by atoms with E-state index >= 15 is 0 Å². The van der Waals surface area contributed by atoms with Crippen molar-refractivity contribution in [3.63, 3.8) is 0 Å². The van der Waals surface area contributed by atoms with Gasteiger partial charge in [0.1, 0.15) is 11.9 Å². The fraction of sp³-hybridized carbons (Fsp3) is 0.176. The summed E-state index contributed by atoms with van der Waals surface area (Å²) in [7, 11) is 0. The number of amides is 2. The Labute approximate surface area is 138 Å². The number of nitrogens with one attached hydrogen (secondary N) is 2. The van der Waals surface area contributed by atoms with Crippen molar-refractivity contribution in [2.24, 2.45) is 0 Å². The first kappa shape index (κ1) is 15.8. The highest BCUT2D eigenvalue weighted by atomic mass is 16.4. The van der Waals surface area contributed by atoms with E-state index in [9.17, 15) is 9.90 Å². The van der Waals surface area contributed by atoms with Crippen LogP contribution >= 0.6 is 0 Å². The second-order valence-electron chi connectivity index (χ2n) is 5.19. The van der Waals surface area contributed by atoms with Crippen molar-refractivity contribution < 1.29 is 14.3 Å². The predicted molar refractivity (Wildman–Crippen MR) is 87.5 cm³/mol. The van der Waals surface area contributed by atoms with Gasteiger partial charge in [0.15, 0.2) is 0 Å². The number of furan rings is 1. The van der Waals surface area contributed by atoms with E-state index < -0.39 is 6.10 Å². The number of urea groups is 1. The lowest BCUT2D eigenvalue weighted by Crippen LogP contribution is -2.37. The molecule has 1 aromatic carbocycles. The highest BCUT2D eigenvalue weighted by Crippen LogP contribution is 2.14. The molecule has 0 radical (unpaired) electrons. The molecular formula is C17H18N4O3. The lowest BCUT2D eigenvalue weighted by Gasteiger charge is -2.13. The Morgan fingerprint density at radius 3 is 2.88 bits per heavy atom. The van der Waals surface area contributed by atoms with Gasteiger partial charge in [0.25, 0.3) is 0 Å². The number of carbonyl (C=O) groups excluding carboxylic acids is 1. The second kappa shape index (κ2) is 7.47. The van der Waals surface area contributed by atoms with Crippen LogP contribution in [-0.4, -0.2) is 27.2 Å². The van der Waals surface area contributed by atoms with Crippen LogP contribution in [0.2, 0.25) is 0 Å². The van der Waals surface area contributed by atoms with Crippen LogP contribution in [0.1, 0.15) is 17.4 Å². The molecule has 0 spiro atoms. The number of rotatable bonds is 6.